The molecule has 1 unspecified atom stereocenters. The first-order chi connectivity index (χ1) is 11.6. The van der Waals surface area contributed by atoms with E-state index in [1.165, 1.54) is 5.56 Å². The lowest BCUT2D eigenvalue weighted by atomic mass is 10.0. The zero-order valence-electron chi connectivity index (χ0n) is 13.8. The van der Waals surface area contributed by atoms with Crippen molar-refractivity contribution < 1.29 is 0 Å². The molecule has 1 aromatic heterocycles. The number of benzene rings is 1. The normalized spacial score (nSPS) is 16.8. The monoisotopic (exact) mass is 363 g/mol. The highest BCUT2D eigenvalue weighted by atomic mass is 32.1. The van der Waals surface area contributed by atoms with E-state index in [9.17, 15) is 0 Å². The molecule has 1 aromatic carbocycles. The van der Waals surface area contributed by atoms with Crippen molar-refractivity contribution in [1.82, 2.24) is 15.1 Å². The summed E-state index contributed by atoms with van der Waals surface area (Å²) in [5.41, 5.74) is 8.51. The molecule has 7 nitrogen and oxygen atoms in total. The molecule has 1 fully saturated rings. The van der Waals surface area contributed by atoms with E-state index in [4.69, 9.17) is 18.2 Å². The average Bonchev–Trinajstić information content (AvgIpc) is 3.10. The molecule has 9 heteroatoms. The zero-order valence-corrected chi connectivity index (χ0v) is 15.4. The highest BCUT2D eigenvalue weighted by molar-refractivity contribution is 7.47. The molecule has 3 rings (SSSR count). The van der Waals surface area contributed by atoms with Gasteiger partial charge in [0.25, 0.3) is 0 Å². The molecule has 2 heterocycles. The van der Waals surface area contributed by atoms with E-state index in [0.29, 0.717) is 17.4 Å². The summed E-state index contributed by atoms with van der Waals surface area (Å²) in [5, 5.41) is 13.2. The van der Waals surface area contributed by atoms with Crippen LogP contribution in [0.4, 0.5) is 21.6 Å². The van der Waals surface area contributed by atoms with Gasteiger partial charge in [-0.05, 0) is 24.6 Å². The number of nitrogens with one attached hydrogen (secondary N) is 1. The smallest absolute Gasteiger partial charge is 0.210 e. The van der Waals surface area contributed by atoms with Gasteiger partial charge in [-0.3, -0.25) is 4.90 Å². The molecule has 3 N–H and O–H groups in total. The SMILES string of the molecule is CNc1nnc(N2CCN(C(C)c3ccc(N=S)c(N)c3)CC2)s1. The van der Waals surface area contributed by atoms with Crippen molar-refractivity contribution >= 4 is 45.4 Å². The first-order valence-electron chi connectivity index (χ1n) is 7.85. The van der Waals surface area contributed by atoms with Gasteiger partial charge in [0.15, 0.2) is 0 Å². The number of hydrogen-bond donors (Lipinski definition) is 2. The van der Waals surface area contributed by atoms with E-state index in [1.54, 1.807) is 11.3 Å². The molecule has 0 aliphatic carbocycles. The Kier molecular flexibility index (Phi) is 5.22. The van der Waals surface area contributed by atoms with E-state index in [-0.39, 0.29) is 0 Å². The molecular formula is C15H21N7S2. The van der Waals surface area contributed by atoms with Crippen LogP contribution in [-0.4, -0.2) is 48.3 Å². The fraction of sp³-hybridized carbons (Fsp3) is 0.467. The molecule has 1 aliphatic heterocycles. The van der Waals surface area contributed by atoms with Crippen LogP contribution >= 0.6 is 11.3 Å². The lowest BCUT2D eigenvalue weighted by Gasteiger charge is -2.38. The van der Waals surface area contributed by atoms with Gasteiger partial charge < -0.3 is 16.0 Å². The van der Waals surface area contributed by atoms with Gasteiger partial charge in [0.2, 0.25) is 10.3 Å². The Labute approximate surface area is 151 Å². The van der Waals surface area contributed by atoms with Crippen LogP contribution in [-0.2, 0) is 12.4 Å². The summed E-state index contributed by atoms with van der Waals surface area (Å²) < 4.78 is 3.76. The molecule has 0 bridgehead atoms. The van der Waals surface area contributed by atoms with Crippen molar-refractivity contribution in [3.63, 3.8) is 0 Å². The fourth-order valence-corrected chi connectivity index (χ4v) is 3.79. The van der Waals surface area contributed by atoms with E-state index in [0.717, 1.165) is 36.4 Å². The number of hydrogen-bond acceptors (Lipinski definition) is 9. The lowest BCUT2D eigenvalue weighted by Crippen LogP contribution is -2.47. The van der Waals surface area contributed by atoms with Crippen LogP contribution in [0.1, 0.15) is 18.5 Å². The maximum Gasteiger partial charge on any atom is 0.210 e. The topological polar surface area (TPSA) is 82.7 Å². The van der Waals surface area contributed by atoms with E-state index in [2.05, 4.69) is 42.7 Å². The molecule has 1 aliphatic rings. The number of aromatic nitrogens is 2. The Morgan fingerprint density at radius 2 is 2.04 bits per heavy atom. The van der Waals surface area contributed by atoms with Crippen molar-refractivity contribution in [3.8, 4) is 0 Å². The molecule has 1 saturated heterocycles. The third kappa shape index (κ3) is 3.47. The summed E-state index contributed by atoms with van der Waals surface area (Å²) in [5.74, 6) is 0. The molecule has 24 heavy (non-hydrogen) atoms. The van der Waals surface area contributed by atoms with Crippen LogP contribution in [0.2, 0.25) is 0 Å². The minimum absolute atomic E-state index is 0.302. The Bertz CT molecular complexity index is 710. The average molecular weight is 364 g/mol. The molecule has 2 aromatic rings. The third-order valence-electron chi connectivity index (χ3n) is 4.39. The number of piperazine rings is 1. The molecular weight excluding hydrogens is 342 g/mol. The predicted molar refractivity (Wildman–Crippen MR) is 102 cm³/mol. The highest BCUT2D eigenvalue weighted by Gasteiger charge is 2.24. The molecule has 128 valence electrons. The number of anilines is 3. The first kappa shape index (κ1) is 17.0. The summed E-state index contributed by atoms with van der Waals surface area (Å²) in [6.45, 7) is 6.04. The summed E-state index contributed by atoms with van der Waals surface area (Å²) in [4.78, 5) is 4.74. The molecule has 1 atom stereocenters. The zero-order chi connectivity index (χ0) is 17.1. The van der Waals surface area contributed by atoms with Crippen LogP contribution in [0.5, 0.6) is 0 Å². The van der Waals surface area contributed by atoms with Gasteiger partial charge in [0.1, 0.15) is 0 Å². The number of nitrogen functional groups attached to an aromatic ring is 1. The van der Waals surface area contributed by atoms with Crippen molar-refractivity contribution in [2.24, 2.45) is 4.36 Å². The van der Waals surface area contributed by atoms with Crippen molar-refractivity contribution in [2.45, 2.75) is 13.0 Å². The van der Waals surface area contributed by atoms with E-state index < -0.39 is 0 Å². The minimum Gasteiger partial charge on any atom is -0.397 e. The Morgan fingerprint density at radius 3 is 2.62 bits per heavy atom. The van der Waals surface area contributed by atoms with Crippen LogP contribution in [0.3, 0.4) is 0 Å². The quantitative estimate of drug-likeness (QED) is 0.789. The van der Waals surface area contributed by atoms with Crippen LogP contribution in [0, 0.1) is 0 Å². The molecule has 0 radical (unpaired) electrons. The third-order valence-corrected chi connectivity index (χ3v) is 5.59. The summed E-state index contributed by atoms with van der Waals surface area (Å²) in [7, 11) is 1.86. The Hall–Kier alpha value is -1.84. The first-order valence-corrected chi connectivity index (χ1v) is 9.03. The van der Waals surface area contributed by atoms with Gasteiger partial charge in [-0.15, -0.1) is 10.2 Å². The molecule has 0 saturated carbocycles. The summed E-state index contributed by atoms with van der Waals surface area (Å²) in [6.07, 6.45) is 0. The Morgan fingerprint density at radius 1 is 1.29 bits per heavy atom. The number of rotatable bonds is 5. The van der Waals surface area contributed by atoms with Gasteiger partial charge in [-0.1, -0.05) is 17.4 Å². The standard InChI is InChI=1S/C15H21N7S2/c1-10(11-3-4-13(20-23)12(16)9-11)21-5-7-22(8-6-21)15-19-18-14(17-2)24-15/h3-4,9-10H,5-8,16H2,1-2H3,(H,17,18). The maximum atomic E-state index is 6.01. The predicted octanol–water partition coefficient (Wildman–Crippen LogP) is 2.41. The van der Waals surface area contributed by atoms with Crippen molar-refractivity contribution in [1.29, 1.82) is 0 Å². The molecule has 0 spiro atoms. The van der Waals surface area contributed by atoms with Gasteiger partial charge in [-0.2, -0.15) is 4.36 Å². The second-order valence-corrected chi connectivity index (χ2v) is 6.89. The van der Waals surface area contributed by atoms with Crippen LogP contribution in [0.15, 0.2) is 22.6 Å². The summed E-state index contributed by atoms with van der Waals surface area (Å²) in [6, 6.07) is 6.23. The van der Waals surface area contributed by atoms with Crippen molar-refractivity contribution in [3.05, 3.63) is 23.8 Å². The van der Waals surface area contributed by atoms with Crippen molar-refractivity contribution in [2.75, 3.05) is 49.2 Å². The van der Waals surface area contributed by atoms with Gasteiger partial charge in [0.05, 0.1) is 11.4 Å². The van der Waals surface area contributed by atoms with E-state index in [1.807, 2.05) is 19.2 Å². The van der Waals surface area contributed by atoms with Gasteiger partial charge >= 0.3 is 0 Å². The highest BCUT2D eigenvalue weighted by Crippen LogP contribution is 2.30. The van der Waals surface area contributed by atoms with E-state index >= 15 is 0 Å². The number of nitrogens with two attached hydrogens (primary N) is 1. The molecule has 0 amide bonds. The second kappa shape index (κ2) is 7.37. The van der Waals surface area contributed by atoms with Gasteiger partial charge in [0, 0.05) is 51.7 Å². The number of nitrogens with zero attached hydrogens (tertiary/aromatic N) is 5. The lowest BCUT2D eigenvalue weighted by molar-refractivity contribution is 0.198. The second-order valence-electron chi connectivity index (χ2n) is 5.75. The Balaban J connectivity index is 1.63. The summed E-state index contributed by atoms with van der Waals surface area (Å²) >= 11 is 6.31. The van der Waals surface area contributed by atoms with Gasteiger partial charge in [-0.25, -0.2) is 0 Å². The minimum atomic E-state index is 0.302. The maximum absolute atomic E-state index is 6.01. The fourth-order valence-electron chi connectivity index (χ4n) is 2.87. The van der Waals surface area contributed by atoms with Crippen LogP contribution in [0.25, 0.3) is 0 Å². The largest absolute Gasteiger partial charge is 0.397 e. The van der Waals surface area contributed by atoms with Crippen LogP contribution < -0.4 is 16.0 Å².